The third-order valence-electron chi connectivity index (χ3n) is 2.55. The first kappa shape index (κ1) is 7.55. The number of pyridine rings is 1. The van der Waals surface area contributed by atoms with Gasteiger partial charge in [-0.3, -0.25) is 0 Å². The molecule has 0 atom stereocenters. The molecule has 3 heteroatoms. The molecule has 1 aliphatic carbocycles. The van der Waals surface area contributed by atoms with Gasteiger partial charge in [0.15, 0.2) is 0 Å². The van der Waals surface area contributed by atoms with Gasteiger partial charge in [0.25, 0.3) is 0 Å². The number of hydrogen-bond acceptors (Lipinski definition) is 3. The van der Waals surface area contributed by atoms with Gasteiger partial charge in [0.1, 0.15) is 5.82 Å². The molecule has 0 bridgehead atoms. The summed E-state index contributed by atoms with van der Waals surface area (Å²) in [6.45, 7) is 0.221. The second-order valence-corrected chi connectivity index (χ2v) is 3.41. The molecule has 2 rings (SSSR count). The third-order valence-corrected chi connectivity index (χ3v) is 2.55. The zero-order valence-corrected chi connectivity index (χ0v) is 6.83. The lowest BCUT2D eigenvalue weighted by Crippen LogP contribution is -2.12. The first-order valence-electron chi connectivity index (χ1n) is 4.10. The van der Waals surface area contributed by atoms with Gasteiger partial charge in [0.05, 0.1) is 6.61 Å². The van der Waals surface area contributed by atoms with E-state index in [9.17, 15) is 0 Å². The Kier molecular flexibility index (Phi) is 1.54. The highest BCUT2D eigenvalue weighted by Crippen LogP contribution is 2.47. The SMILES string of the molecule is Nc1ccc(C2(CO)CC2)cn1. The van der Waals surface area contributed by atoms with Crippen LogP contribution in [0.1, 0.15) is 18.4 Å². The lowest BCUT2D eigenvalue weighted by atomic mass is 9.99. The van der Waals surface area contributed by atoms with Crippen LogP contribution in [0, 0.1) is 0 Å². The van der Waals surface area contributed by atoms with Crippen molar-refractivity contribution in [3.8, 4) is 0 Å². The van der Waals surface area contributed by atoms with E-state index in [2.05, 4.69) is 4.98 Å². The van der Waals surface area contributed by atoms with E-state index in [1.165, 1.54) is 0 Å². The Balaban J connectivity index is 2.29. The van der Waals surface area contributed by atoms with Crippen molar-refractivity contribution in [3.63, 3.8) is 0 Å². The van der Waals surface area contributed by atoms with Crippen LogP contribution in [0.3, 0.4) is 0 Å². The van der Waals surface area contributed by atoms with Crippen LogP contribution in [0.25, 0.3) is 0 Å². The average molecular weight is 164 g/mol. The maximum atomic E-state index is 9.12. The number of aliphatic hydroxyl groups is 1. The summed E-state index contributed by atoms with van der Waals surface area (Å²) in [5, 5.41) is 9.12. The molecule has 0 aromatic carbocycles. The maximum Gasteiger partial charge on any atom is 0.123 e. The smallest absolute Gasteiger partial charge is 0.123 e. The summed E-state index contributed by atoms with van der Waals surface area (Å²) in [4.78, 5) is 4.00. The molecular weight excluding hydrogens is 152 g/mol. The number of nitrogens with two attached hydrogens (primary N) is 1. The molecule has 1 aromatic rings. The molecule has 64 valence electrons. The topological polar surface area (TPSA) is 59.1 Å². The molecule has 1 aliphatic rings. The van der Waals surface area contributed by atoms with Crippen molar-refractivity contribution in [1.29, 1.82) is 0 Å². The van der Waals surface area contributed by atoms with Crippen LogP contribution in [-0.2, 0) is 5.41 Å². The van der Waals surface area contributed by atoms with E-state index in [1.54, 1.807) is 12.3 Å². The molecule has 0 radical (unpaired) electrons. The fraction of sp³-hybridized carbons (Fsp3) is 0.444. The number of anilines is 1. The minimum atomic E-state index is 0.0146. The number of rotatable bonds is 2. The van der Waals surface area contributed by atoms with Crippen LogP contribution in [0.15, 0.2) is 18.3 Å². The minimum Gasteiger partial charge on any atom is -0.395 e. The van der Waals surface area contributed by atoms with Crippen molar-refractivity contribution in [2.24, 2.45) is 0 Å². The van der Waals surface area contributed by atoms with Crippen molar-refractivity contribution in [1.82, 2.24) is 4.98 Å². The minimum absolute atomic E-state index is 0.0146. The summed E-state index contributed by atoms with van der Waals surface area (Å²) in [6.07, 6.45) is 3.89. The Bertz CT molecular complexity index is 277. The van der Waals surface area contributed by atoms with Gasteiger partial charge in [-0.2, -0.15) is 0 Å². The van der Waals surface area contributed by atoms with Crippen molar-refractivity contribution in [2.75, 3.05) is 12.3 Å². The van der Waals surface area contributed by atoms with Crippen LogP contribution in [0.2, 0.25) is 0 Å². The molecule has 3 nitrogen and oxygen atoms in total. The van der Waals surface area contributed by atoms with Crippen LogP contribution >= 0.6 is 0 Å². The van der Waals surface area contributed by atoms with Crippen LogP contribution < -0.4 is 5.73 Å². The molecule has 1 heterocycles. The van der Waals surface area contributed by atoms with E-state index in [4.69, 9.17) is 10.8 Å². The van der Waals surface area contributed by atoms with Crippen LogP contribution in [-0.4, -0.2) is 16.7 Å². The molecule has 0 saturated heterocycles. The van der Waals surface area contributed by atoms with Gasteiger partial charge in [-0.05, 0) is 24.5 Å². The van der Waals surface area contributed by atoms with E-state index in [0.29, 0.717) is 5.82 Å². The standard InChI is InChI=1S/C9H12N2O/c10-8-2-1-7(5-11-8)9(6-12)3-4-9/h1-2,5,12H,3-4,6H2,(H2,10,11). The highest BCUT2D eigenvalue weighted by Gasteiger charge is 2.43. The average Bonchev–Trinajstić information content (AvgIpc) is 2.86. The Morgan fingerprint density at radius 3 is 2.67 bits per heavy atom. The van der Waals surface area contributed by atoms with E-state index < -0.39 is 0 Å². The predicted octanol–water partition coefficient (Wildman–Crippen LogP) is 0.688. The Morgan fingerprint density at radius 2 is 2.25 bits per heavy atom. The molecule has 1 aromatic heterocycles. The molecule has 1 fully saturated rings. The summed E-state index contributed by atoms with van der Waals surface area (Å²) in [7, 11) is 0. The van der Waals surface area contributed by atoms with Gasteiger partial charge >= 0.3 is 0 Å². The van der Waals surface area contributed by atoms with E-state index >= 15 is 0 Å². The fourth-order valence-electron chi connectivity index (χ4n) is 1.41. The second-order valence-electron chi connectivity index (χ2n) is 3.41. The quantitative estimate of drug-likeness (QED) is 0.676. The number of aromatic nitrogens is 1. The van der Waals surface area contributed by atoms with Gasteiger partial charge in [-0.1, -0.05) is 6.07 Å². The summed E-state index contributed by atoms with van der Waals surface area (Å²) in [5.74, 6) is 0.535. The lowest BCUT2D eigenvalue weighted by molar-refractivity contribution is 0.255. The zero-order chi connectivity index (χ0) is 8.60. The van der Waals surface area contributed by atoms with Gasteiger partial charge in [0.2, 0.25) is 0 Å². The first-order chi connectivity index (χ1) is 5.77. The number of aliphatic hydroxyl groups excluding tert-OH is 1. The van der Waals surface area contributed by atoms with Crippen LogP contribution in [0.5, 0.6) is 0 Å². The summed E-state index contributed by atoms with van der Waals surface area (Å²) in [6, 6.07) is 3.73. The molecule has 0 spiro atoms. The van der Waals surface area contributed by atoms with Gasteiger partial charge < -0.3 is 10.8 Å². The number of nitrogens with zero attached hydrogens (tertiary/aromatic N) is 1. The molecule has 1 saturated carbocycles. The summed E-state index contributed by atoms with van der Waals surface area (Å²) >= 11 is 0. The summed E-state index contributed by atoms with van der Waals surface area (Å²) in [5.41, 5.74) is 6.58. The van der Waals surface area contributed by atoms with Crippen molar-refractivity contribution in [3.05, 3.63) is 23.9 Å². The van der Waals surface area contributed by atoms with Crippen molar-refractivity contribution >= 4 is 5.82 Å². The van der Waals surface area contributed by atoms with Crippen molar-refractivity contribution < 1.29 is 5.11 Å². The predicted molar refractivity (Wildman–Crippen MR) is 46.6 cm³/mol. The number of hydrogen-bond donors (Lipinski definition) is 2. The molecule has 0 unspecified atom stereocenters. The van der Waals surface area contributed by atoms with Gasteiger partial charge in [-0.15, -0.1) is 0 Å². The molecule has 0 amide bonds. The monoisotopic (exact) mass is 164 g/mol. The number of nitrogen functional groups attached to an aromatic ring is 1. The molecule has 12 heavy (non-hydrogen) atoms. The van der Waals surface area contributed by atoms with Crippen LogP contribution in [0.4, 0.5) is 5.82 Å². The third kappa shape index (κ3) is 1.06. The zero-order valence-electron chi connectivity index (χ0n) is 6.83. The fourth-order valence-corrected chi connectivity index (χ4v) is 1.41. The molecule has 3 N–H and O–H groups in total. The van der Waals surface area contributed by atoms with Gasteiger partial charge in [-0.25, -0.2) is 4.98 Å². The van der Waals surface area contributed by atoms with E-state index in [0.717, 1.165) is 18.4 Å². The molecular formula is C9H12N2O. The van der Waals surface area contributed by atoms with Crippen molar-refractivity contribution in [2.45, 2.75) is 18.3 Å². The summed E-state index contributed by atoms with van der Waals surface area (Å²) < 4.78 is 0. The van der Waals surface area contributed by atoms with E-state index in [1.807, 2.05) is 6.07 Å². The Morgan fingerprint density at radius 1 is 1.50 bits per heavy atom. The van der Waals surface area contributed by atoms with E-state index in [-0.39, 0.29) is 12.0 Å². The highest BCUT2D eigenvalue weighted by molar-refractivity contribution is 5.35. The second kappa shape index (κ2) is 2.45. The maximum absolute atomic E-state index is 9.12. The Hall–Kier alpha value is -1.09. The Labute approximate surface area is 71.2 Å². The largest absolute Gasteiger partial charge is 0.395 e. The van der Waals surface area contributed by atoms with Gasteiger partial charge in [0, 0.05) is 11.6 Å². The highest BCUT2D eigenvalue weighted by atomic mass is 16.3. The first-order valence-corrected chi connectivity index (χ1v) is 4.10. The lowest BCUT2D eigenvalue weighted by Gasteiger charge is -2.10. The normalized spacial score (nSPS) is 19.1. The molecule has 0 aliphatic heterocycles.